The van der Waals surface area contributed by atoms with Gasteiger partial charge in [-0.1, -0.05) is 11.6 Å². The molecule has 0 saturated heterocycles. The molecule has 2 aromatic carbocycles. The summed E-state index contributed by atoms with van der Waals surface area (Å²) in [5.74, 6) is -1.08. The number of nitrogen functional groups attached to an aromatic ring is 2. The van der Waals surface area contributed by atoms with E-state index in [0.29, 0.717) is 6.07 Å². The first-order valence-electron chi connectivity index (χ1n) is 6.24. The van der Waals surface area contributed by atoms with E-state index in [4.69, 9.17) is 23.1 Å². The third-order valence-corrected chi connectivity index (χ3v) is 4.11. The van der Waals surface area contributed by atoms with Gasteiger partial charge in [-0.3, -0.25) is 10.1 Å². The Balaban J connectivity index is 0.00000338. The van der Waals surface area contributed by atoms with Crippen LogP contribution in [0.4, 0.5) is 28.4 Å². The maximum absolute atomic E-state index is 11.1. The molecule has 0 aliphatic rings. The van der Waals surface area contributed by atoms with E-state index in [-0.39, 0.29) is 51.6 Å². The quantitative estimate of drug-likeness (QED) is 0.149. The molecule has 0 amide bonds. The van der Waals surface area contributed by atoms with Gasteiger partial charge in [-0.15, -0.1) is 10.2 Å². The second-order valence-corrected chi connectivity index (χ2v) is 6.41. The molecule has 0 fully saturated rings. The largest absolute Gasteiger partial charge is 1.00 e. The Morgan fingerprint density at radius 2 is 1.65 bits per heavy atom. The third-order valence-electron chi connectivity index (χ3n) is 2.93. The van der Waals surface area contributed by atoms with Crippen molar-refractivity contribution >= 4 is 50.2 Å². The first kappa shape index (κ1) is 22.1. The second kappa shape index (κ2) is 8.16. The minimum Gasteiger partial charge on any atom is -0.744 e. The molecule has 0 aliphatic heterocycles. The third kappa shape index (κ3) is 4.81. The van der Waals surface area contributed by atoms with Crippen LogP contribution in [-0.2, 0) is 10.1 Å². The van der Waals surface area contributed by atoms with Gasteiger partial charge in [0.2, 0.25) is 0 Å². The zero-order chi connectivity index (χ0) is 18.9. The van der Waals surface area contributed by atoms with Crippen LogP contribution in [0.1, 0.15) is 0 Å². The van der Waals surface area contributed by atoms with Crippen molar-refractivity contribution in [2.24, 2.45) is 10.2 Å². The van der Waals surface area contributed by atoms with Gasteiger partial charge in [-0.2, -0.15) is 0 Å². The number of aromatic hydroxyl groups is 1. The van der Waals surface area contributed by atoms with E-state index >= 15 is 0 Å². The zero-order valence-corrected chi connectivity index (χ0v) is 16.7. The summed E-state index contributed by atoms with van der Waals surface area (Å²) in [7, 11) is -5.18. The Bertz CT molecular complexity index is 1010. The van der Waals surface area contributed by atoms with Crippen molar-refractivity contribution in [1.82, 2.24) is 0 Å². The number of anilines is 2. The molecule has 2 rings (SSSR count). The van der Waals surface area contributed by atoms with E-state index < -0.39 is 37.1 Å². The number of rotatable bonds is 4. The van der Waals surface area contributed by atoms with Gasteiger partial charge in [0, 0.05) is 12.1 Å². The van der Waals surface area contributed by atoms with Gasteiger partial charge in [-0.25, -0.2) is 8.42 Å². The molecule has 0 saturated carbocycles. The first-order valence-corrected chi connectivity index (χ1v) is 8.03. The molecule has 0 heterocycles. The van der Waals surface area contributed by atoms with Gasteiger partial charge in [0.25, 0.3) is 5.69 Å². The molecule has 11 nitrogen and oxygen atoms in total. The Kier molecular flexibility index (Phi) is 6.93. The maximum Gasteiger partial charge on any atom is 1.00 e. The predicted molar refractivity (Wildman–Crippen MR) is 87.2 cm³/mol. The number of phenolic OH excluding ortho intramolecular Hbond substituents is 1. The van der Waals surface area contributed by atoms with Gasteiger partial charge < -0.3 is 21.1 Å². The summed E-state index contributed by atoms with van der Waals surface area (Å²) >= 11 is 5.81. The second-order valence-electron chi connectivity index (χ2n) is 4.66. The Labute approximate surface area is 173 Å². The SMILES string of the molecule is Nc1cc(N)c(N=Nc2cc([N+](=O)[O-])cc(S(=O)(=O)[O-])c2O)cc1Cl.[Na+]. The van der Waals surface area contributed by atoms with Gasteiger partial charge in [0.15, 0.2) is 5.75 Å². The summed E-state index contributed by atoms with van der Waals surface area (Å²) in [6, 6.07) is 3.70. The van der Waals surface area contributed by atoms with E-state index in [9.17, 15) is 28.2 Å². The number of nitro groups is 1. The monoisotopic (exact) mass is 409 g/mol. The van der Waals surface area contributed by atoms with E-state index in [1.54, 1.807) is 0 Å². The Hall–Kier alpha value is -1.96. The minimum absolute atomic E-state index is 0. The molecule has 5 N–H and O–H groups in total. The molecule has 0 atom stereocenters. The predicted octanol–water partition coefficient (Wildman–Crippen LogP) is -0.558. The summed E-state index contributed by atoms with van der Waals surface area (Å²) in [6.45, 7) is 0. The minimum atomic E-state index is -5.18. The van der Waals surface area contributed by atoms with Crippen molar-refractivity contribution in [2.45, 2.75) is 4.90 Å². The van der Waals surface area contributed by atoms with E-state index in [2.05, 4.69) is 10.2 Å². The molecular formula is C12H9ClN5NaO6S. The summed E-state index contributed by atoms with van der Waals surface area (Å²) in [6.07, 6.45) is 0. The molecular weight excluding hydrogens is 401 g/mol. The number of nitrogens with zero attached hydrogens (tertiary/aromatic N) is 3. The van der Waals surface area contributed by atoms with Crippen molar-refractivity contribution in [3.8, 4) is 5.75 Å². The zero-order valence-electron chi connectivity index (χ0n) is 13.1. The van der Waals surface area contributed by atoms with Crippen LogP contribution in [0.15, 0.2) is 39.4 Å². The molecule has 0 spiro atoms. The molecule has 0 aliphatic carbocycles. The van der Waals surface area contributed by atoms with Crippen molar-refractivity contribution in [2.75, 3.05) is 11.5 Å². The fourth-order valence-corrected chi connectivity index (χ4v) is 2.51. The van der Waals surface area contributed by atoms with Crippen LogP contribution < -0.4 is 41.0 Å². The van der Waals surface area contributed by atoms with Crippen molar-refractivity contribution in [1.29, 1.82) is 0 Å². The number of nitro benzene ring substituents is 1. The van der Waals surface area contributed by atoms with Gasteiger partial charge >= 0.3 is 29.6 Å². The molecule has 0 bridgehead atoms. The van der Waals surface area contributed by atoms with Gasteiger partial charge in [-0.05, 0) is 12.1 Å². The number of azo groups is 1. The van der Waals surface area contributed by atoms with Crippen LogP contribution in [0.3, 0.4) is 0 Å². The molecule has 2 aromatic rings. The van der Waals surface area contributed by atoms with Crippen LogP contribution in [0, 0.1) is 10.1 Å². The topological polar surface area (TPSA) is 197 Å². The van der Waals surface area contributed by atoms with E-state index in [1.165, 1.54) is 12.1 Å². The molecule has 0 unspecified atom stereocenters. The fourth-order valence-electron chi connectivity index (χ4n) is 1.74. The number of halogens is 1. The van der Waals surface area contributed by atoms with Crippen LogP contribution in [-0.4, -0.2) is 23.0 Å². The van der Waals surface area contributed by atoms with Crippen molar-refractivity contribution in [3.05, 3.63) is 39.4 Å². The van der Waals surface area contributed by atoms with Gasteiger partial charge in [0.1, 0.15) is 26.4 Å². The maximum atomic E-state index is 11.1. The molecule has 0 aromatic heterocycles. The summed E-state index contributed by atoms with van der Waals surface area (Å²) < 4.78 is 33.4. The van der Waals surface area contributed by atoms with E-state index in [1.807, 2.05) is 0 Å². The van der Waals surface area contributed by atoms with Crippen LogP contribution >= 0.6 is 11.6 Å². The fraction of sp³-hybridized carbons (Fsp3) is 0. The number of non-ortho nitro benzene ring substituents is 1. The number of hydrogen-bond donors (Lipinski definition) is 3. The molecule has 132 valence electrons. The van der Waals surface area contributed by atoms with E-state index in [0.717, 1.165) is 6.07 Å². The number of benzene rings is 2. The standard InChI is InChI=1S/C12H10ClN5O6S.Na/c13-6-3-9(8(15)4-7(6)14)16-17-10-1-5(18(20)21)2-11(12(10)19)25(22,23)24;/h1-4,19H,14-15H2,(H,22,23,24);/q;+1/p-1. The average Bonchev–Trinajstić information content (AvgIpc) is 2.49. The molecule has 26 heavy (non-hydrogen) atoms. The molecule has 0 radical (unpaired) electrons. The van der Waals surface area contributed by atoms with Gasteiger partial charge in [0.05, 0.1) is 21.3 Å². The number of nitrogens with two attached hydrogens (primary N) is 2. The summed E-state index contributed by atoms with van der Waals surface area (Å²) in [5.41, 5.74) is 10.1. The van der Waals surface area contributed by atoms with Crippen LogP contribution in [0.25, 0.3) is 0 Å². The van der Waals surface area contributed by atoms with Crippen LogP contribution in [0.5, 0.6) is 5.75 Å². The normalized spacial score (nSPS) is 11.3. The van der Waals surface area contributed by atoms with Crippen LogP contribution in [0.2, 0.25) is 5.02 Å². The molecule has 14 heteroatoms. The summed E-state index contributed by atoms with van der Waals surface area (Å²) in [5, 5.41) is 28.0. The summed E-state index contributed by atoms with van der Waals surface area (Å²) in [4.78, 5) is 8.71. The Morgan fingerprint density at radius 3 is 2.19 bits per heavy atom. The smallest absolute Gasteiger partial charge is 0.744 e. The van der Waals surface area contributed by atoms with Crippen molar-refractivity contribution in [3.63, 3.8) is 0 Å². The first-order chi connectivity index (χ1) is 11.5. The number of hydrogen-bond acceptors (Lipinski definition) is 10. The Morgan fingerprint density at radius 1 is 1.08 bits per heavy atom. The average molecular weight is 410 g/mol. The number of phenols is 1. The van der Waals surface area contributed by atoms with Crippen molar-refractivity contribution < 1.29 is 52.6 Å².